The van der Waals surface area contributed by atoms with Crippen LogP contribution in [0.4, 0.5) is 11.5 Å². The van der Waals surface area contributed by atoms with E-state index < -0.39 is 0 Å². The molecule has 1 fully saturated rings. The third-order valence-corrected chi connectivity index (χ3v) is 2.83. The topological polar surface area (TPSA) is 50.9 Å². The predicted octanol–water partition coefficient (Wildman–Crippen LogP) is 2.27. The van der Waals surface area contributed by atoms with Gasteiger partial charge >= 0.3 is 0 Å². The highest BCUT2D eigenvalue weighted by atomic mass is 15.0. The number of nitrogens with one attached hydrogen (secondary N) is 1. The van der Waals surface area contributed by atoms with E-state index in [0.29, 0.717) is 0 Å². The number of aromatic nitrogens is 1. The summed E-state index contributed by atoms with van der Waals surface area (Å²) < 4.78 is 0. The molecule has 3 N–H and O–H groups in total. The SMILES string of the molecule is Nc1ccc(NCC2CCCC2)nc1. The number of hydrogen-bond acceptors (Lipinski definition) is 3. The van der Waals surface area contributed by atoms with E-state index in [0.717, 1.165) is 24.0 Å². The van der Waals surface area contributed by atoms with Gasteiger partial charge in [0, 0.05) is 6.54 Å². The maximum atomic E-state index is 5.55. The van der Waals surface area contributed by atoms with Gasteiger partial charge in [-0.1, -0.05) is 12.8 Å². The molecule has 1 aliphatic carbocycles. The number of anilines is 2. The highest BCUT2D eigenvalue weighted by Crippen LogP contribution is 2.24. The van der Waals surface area contributed by atoms with Crippen molar-refractivity contribution in [2.24, 2.45) is 5.92 Å². The van der Waals surface area contributed by atoms with E-state index in [9.17, 15) is 0 Å². The number of hydrogen-bond donors (Lipinski definition) is 2. The van der Waals surface area contributed by atoms with Gasteiger partial charge in [0.25, 0.3) is 0 Å². The molecule has 1 heterocycles. The number of rotatable bonds is 3. The molecule has 3 nitrogen and oxygen atoms in total. The van der Waals surface area contributed by atoms with Crippen LogP contribution in [0.5, 0.6) is 0 Å². The summed E-state index contributed by atoms with van der Waals surface area (Å²) >= 11 is 0. The van der Waals surface area contributed by atoms with E-state index in [1.54, 1.807) is 6.20 Å². The Balaban J connectivity index is 1.82. The zero-order valence-electron chi connectivity index (χ0n) is 8.37. The summed E-state index contributed by atoms with van der Waals surface area (Å²) in [6, 6.07) is 3.81. The molecule has 2 rings (SSSR count). The standard InChI is InChI=1S/C11H17N3/c12-10-5-6-11(14-8-10)13-7-9-3-1-2-4-9/h5-6,8-9H,1-4,7,12H2,(H,13,14). The van der Waals surface area contributed by atoms with Crippen molar-refractivity contribution in [2.45, 2.75) is 25.7 Å². The smallest absolute Gasteiger partial charge is 0.126 e. The van der Waals surface area contributed by atoms with Crippen LogP contribution in [0.2, 0.25) is 0 Å². The number of nitrogen functional groups attached to an aromatic ring is 1. The second-order valence-corrected chi connectivity index (χ2v) is 4.01. The van der Waals surface area contributed by atoms with Crippen LogP contribution in [0.3, 0.4) is 0 Å². The van der Waals surface area contributed by atoms with Gasteiger partial charge in [-0.2, -0.15) is 0 Å². The lowest BCUT2D eigenvalue weighted by molar-refractivity contribution is 0.579. The Kier molecular flexibility index (Phi) is 2.87. The minimum atomic E-state index is 0.719. The molecule has 14 heavy (non-hydrogen) atoms. The second-order valence-electron chi connectivity index (χ2n) is 4.01. The molecule has 0 unspecified atom stereocenters. The zero-order valence-corrected chi connectivity index (χ0v) is 8.37. The number of pyridine rings is 1. The lowest BCUT2D eigenvalue weighted by Crippen LogP contribution is -2.11. The Morgan fingerprint density at radius 2 is 2.14 bits per heavy atom. The van der Waals surface area contributed by atoms with Gasteiger partial charge in [0.05, 0.1) is 11.9 Å². The predicted molar refractivity (Wildman–Crippen MR) is 59.1 cm³/mol. The molecule has 0 aromatic carbocycles. The van der Waals surface area contributed by atoms with Gasteiger partial charge in [-0.15, -0.1) is 0 Å². The van der Waals surface area contributed by atoms with E-state index in [1.165, 1.54) is 25.7 Å². The van der Waals surface area contributed by atoms with Gasteiger partial charge in [0.1, 0.15) is 5.82 Å². The molecule has 76 valence electrons. The molecule has 0 saturated heterocycles. The molecule has 0 aliphatic heterocycles. The Morgan fingerprint density at radius 1 is 1.36 bits per heavy atom. The van der Waals surface area contributed by atoms with Crippen LogP contribution in [0.15, 0.2) is 18.3 Å². The maximum Gasteiger partial charge on any atom is 0.126 e. The van der Waals surface area contributed by atoms with E-state index >= 15 is 0 Å². The second kappa shape index (κ2) is 4.31. The summed E-state index contributed by atoms with van der Waals surface area (Å²) in [6.45, 7) is 1.05. The van der Waals surface area contributed by atoms with E-state index in [2.05, 4.69) is 10.3 Å². The third kappa shape index (κ3) is 2.37. The van der Waals surface area contributed by atoms with Gasteiger partial charge in [-0.05, 0) is 30.9 Å². The Hall–Kier alpha value is -1.25. The van der Waals surface area contributed by atoms with Gasteiger partial charge in [0.2, 0.25) is 0 Å². The first-order valence-electron chi connectivity index (χ1n) is 5.30. The molecule has 0 spiro atoms. The van der Waals surface area contributed by atoms with Crippen molar-refractivity contribution in [3.63, 3.8) is 0 Å². The van der Waals surface area contributed by atoms with Crippen molar-refractivity contribution in [1.29, 1.82) is 0 Å². The minimum Gasteiger partial charge on any atom is -0.397 e. The average molecular weight is 191 g/mol. The molecule has 0 amide bonds. The molecular formula is C11H17N3. The van der Waals surface area contributed by atoms with Crippen LogP contribution in [0.1, 0.15) is 25.7 Å². The van der Waals surface area contributed by atoms with Crippen molar-refractivity contribution in [2.75, 3.05) is 17.6 Å². The highest BCUT2D eigenvalue weighted by Gasteiger charge is 2.14. The van der Waals surface area contributed by atoms with Crippen LogP contribution < -0.4 is 11.1 Å². The summed E-state index contributed by atoms with van der Waals surface area (Å²) in [6.07, 6.45) is 7.20. The lowest BCUT2D eigenvalue weighted by Gasteiger charge is -2.10. The Morgan fingerprint density at radius 3 is 2.79 bits per heavy atom. The van der Waals surface area contributed by atoms with Crippen LogP contribution in [0.25, 0.3) is 0 Å². The summed E-state index contributed by atoms with van der Waals surface area (Å²) in [5.41, 5.74) is 6.27. The highest BCUT2D eigenvalue weighted by molar-refractivity contribution is 5.43. The lowest BCUT2D eigenvalue weighted by atomic mass is 10.1. The fraction of sp³-hybridized carbons (Fsp3) is 0.545. The van der Waals surface area contributed by atoms with Gasteiger partial charge < -0.3 is 11.1 Å². The van der Waals surface area contributed by atoms with E-state index in [-0.39, 0.29) is 0 Å². The van der Waals surface area contributed by atoms with E-state index in [1.807, 2.05) is 12.1 Å². The largest absolute Gasteiger partial charge is 0.397 e. The third-order valence-electron chi connectivity index (χ3n) is 2.83. The maximum absolute atomic E-state index is 5.55. The molecule has 1 aliphatic rings. The first-order valence-corrected chi connectivity index (χ1v) is 5.30. The molecule has 1 aromatic heterocycles. The fourth-order valence-corrected chi connectivity index (χ4v) is 1.97. The molecule has 1 aromatic rings. The van der Waals surface area contributed by atoms with Crippen molar-refractivity contribution < 1.29 is 0 Å². The van der Waals surface area contributed by atoms with Crippen molar-refractivity contribution in [3.8, 4) is 0 Å². The quantitative estimate of drug-likeness (QED) is 0.770. The van der Waals surface area contributed by atoms with Crippen molar-refractivity contribution in [1.82, 2.24) is 4.98 Å². The van der Waals surface area contributed by atoms with Crippen molar-refractivity contribution >= 4 is 11.5 Å². The number of nitrogens with two attached hydrogens (primary N) is 1. The Labute approximate surface area is 84.7 Å². The first-order chi connectivity index (χ1) is 6.84. The molecule has 3 heteroatoms. The molecule has 0 bridgehead atoms. The fourth-order valence-electron chi connectivity index (χ4n) is 1.97. The first kappa shape index (κ1) is 9.31. The normalized spacial score (nSPS) is 17.1. The van der Waals surface area contributed by atoms with E-state index in [4.69, 9.17) is 5.73 Å². The molecular weight excluding hydrogens is 174 g/mol. The van der Waals surface area contributed by atoms with Crippen molar-refractivity contribution in [3.05, 3.63) is 18.3 Å². The average Bonchev–Trinajstić information content (AvgIpc) is 2.70. The summed E-state index contributed by atoms with van der Waals surface area (Å²) in [4.78, 5) is 4.20. The van der Waals surface area contributed by atoms with Crippen LogP contribution in [-0.2, 0) is 0 Å². The monoisotopic (exact) mass is 191 g/mol. The Bertz CT molecular complexity index is 275. The summed E-state index contributed by atoms with van der Waals surface area (Å²) in [5, 5.41) is 3.35. The number of nitrogens with zero attached hydrogens (tertiary/aromatic N) is 1. The molecule has 1 saturated carbocycles. The van der Waals surface area contributed by atoms with Gasteiger partial charge in [-0.25, -0.2) is 4.98 Å². The summed E-state index contributed by atoms with van der Waals surface area (Å²) in [7, 11) is 0. The van der Waals surface area contributed by atoms with Crippen LogP contribution >= 0.6 is 0 Å². The zero-order chi connectivity index (χ0) is 9.80. The van der Waals surface area contributed by atoms with Crippen LogP contribution in [0, 0.1) is 5.92 Å². The van der Waals surface area contributed by atoms with Crippen LogP contribution in [-0.4, -0.2) is 11.5 Å². The summed E-state index contributed by atoms with van der Waals surface area (Å²) in [5.74, 6) is 1.78. The molecule has 0 atom stereocenters. The van der Waals surface area contributed by atoms with Gasteiger partial charge in [0.15, 0.2) is 0 Å². The molecule has 0 radical (unpaired) electrons. The minimum absolute atomic E-state index is 0.719. The van der Waals surface area contributed by atoms with Gasteiger partial charge in [-0.3, -0.25) is 0 Å².